The fourth-order valence-corrected chi connectivity index (χ4v) is 2.34. The molecule has 0 spiro atoms. The van der Waals surface area contributed by atoms with E-state index in [9.17, 15) is 9.18 Å². The van der Waals surface area contributed by atoms with Gasteiger partial charge in [-0.15, -0.1) is 0 Å². The molecule has 1 saturated heterocycles. The van der Waals surface area contributed by atoms with Crippen molar-refractivity contribution in [3.05, 3.63) is 30.1 Å². The van der Waals surface area contributed by atoms with Crippen molar-refractivity contribution in [2.24, 2.45) is 0 Å². The Kier molecular flexibility index (Phi) is 4.95. The molecule has 0 bridgehead atoms. The highest BCUT2D eigenvalue weighted by Crippen LogP contribution is 2.14. The van der Waals surface area contributed by atoms with E-state index in [1.54, 1.807) is 19.1 Å². The van der Waals surface area contributed by atoms with E-state index in [4.69, 9.17) is 4.74 Å². The Morgan fingerprint density at radius 2 is 2.35 bits per heavy atom. The highest BCUT2D eigenvalue weighted by atomic mass is 19.1. The number of hydrogen-bond acceptors (Lipinski definition) is 3. The van der Waals surface area contributed by atoms with Crippen molar-refractivity contribution in [1.29, 1.82) is 0 Å². The Bertz CT molecular complexity index is 467. The van der Waals surface area contributed by atoms with E-state index >= 15 is 0 Å². The van der Waals surface area contributed by atoms with Gasteiger partial charge in [0.1, 0.15) is 11.6 Å². The Morgan fingerprint density at radius 3 is 3.05 bits per heavy atom. The maximum Gasteiger partial charge on any atom is 0.261 e. The molecule has 1 heterocycles. The number of benzene rings is 1. The van der Waals surface area contributed by atoms with Crippen LogP contribution < -0.4 is 15.4 Å². The van der Waals surface area contributed by atoms with Crippen LogP contribution in [0.2, 0.25) is 0 Å². The third-order valence-electron chi connectivity index (χ3n) is 3.57. The van der Waals surface area contributed by atoms with Crippen LogP contribution in [0.3, 0.4) is 0 Å². The third kappa shape index (κ3) is 3.93. The molecule has 1 aliphatic heterocycles. The molecule has 1 aromatic carbocycles. The molecule has 110 valence electrons. The largest absolute Gasteiger partial charge is 0.481 e. The number of halogens is 1. The Morgan fingerprint density at radius 1 is 1.55 bits per heavy atom. The second-order valence-corrected chi connectivity index (χ2v) is 5.22. The molecular formula is C15H21FN2O2. The van der Waals surface area contributed by atoms with Gasteiger partial charge in [0, 0.05) is 18.2 Å². The van der Waals surface area contributed by atoms with Crippen LogP contribution in [0.5, 0.6) is 5.75 Å². The number of carbonyl (C=O) groups excluding carboxylic acids is 1. The first-order valence-corrected chi connectivity index (χ1v) is 7.02. The smallest absolute Gasteiger partial charge is 0.261 e. The summed E-state index contributed by atoms with van der Waals surface area (Å²) in [7, 11) is 0. The average molecular weight is 280 g/mol. The molecule has 1 aromatic rings. The van der Waals surface area contributed by atoms with Crippen molar-refractivity contribution in [3.8, 4) is 5.75 Å². The summed E-state index contributed by atoms with van der Waals surface area (Å²) in [5, 5.41) is 6.31. The van der Waals surface area contributed by atoms with E-state index in [0.717, 1.165) is 19.4 Å². The number of hydrogen-bond donors (Lipinski definition) is 2. The van der Waals surface area contributed by atoms with Crippen molar-refractivity contribution < 1.29 is 13.9 Å². The minimum Gasteiger partial charge on any atom is -0.481 e. The quantitative estimate of drug-likeness (QED) is 0.885. The summed E-state index contributed by atoms with van der Waals surface area (Å²) in [4.78, 5) is 12.1. The Hall–Kier alpha value is -1.62. The molecule has 5 heteroatoms. The fourth-order valence-electron chi connectivity index (χ4n) is 2.34. The van der Waals surface area contributed by atoms with Crippen molar-refractivity contribution in [2.75, 3.05) is 6.54 Å². The molecule has 20 heavy (non-hydrogen) atoms. The van der Waals surface area contributed by atoms with Crippen molar-refractivity contribution in [2.45, 2.75) is 44.9 Å². The highest BCUT2D eigenvalue weighted by Gasteiger charge is 2.25. The standard InChI is InChI=1S/C15H21FN2O2/c1-10-14(7-4-8-17-10)18-15(19)11(2)20-13-6-3-5-12(16)9-13/h3,5-6,9-11,14,17H,4,7-8H2,1-2H3,(H,18,19). The van der Waals surface area contributed by atoms with Gasteiger partial charge in [-0.25, -0.2) is 4.39 Å². The van der Waals surface area contributed by atoms with Crippen molar-refractivity contribution in [1.82, 2.24) is 10.6 Å². The third-order valence-corrected chi connectivity index (χ3v) is 3.57. The number of ether oxygens (including phenoxy) is 1. The zero-order chi connectivity index (χ0) is 14.5. The van der Waals surface area contributed by atoms with Gasteiger partial charge in [-0.3, -0.25) is 4.79 Å². The van der Waals surface area contributed by atoms with Crippen LogP contribution in [0, 0.1) is 5.82 Å². The fraction of sp³-hybridized carbons (Fsp3) is 0.533. The van der Waals surface area contributed by atoms with Crippen molar-refractivity contribution in [3.63, 3.8) is 0 Å². The molecule has 1 amide bonds. The van der Waals surface area contributed by atoms with Gasteiger partial charge < -0.3 is 15.4 Å². The minimum atomic E-state index is -0.647. The van der Waals surface area contributed by atoms with Crippen molar-refractivity contribution >= 4 is 5.91 Å². The number of carbonyl (C=O) groups is 1. The van der Waals surface area contributed by atoms with E-state index in [-0.39, 0.29) is 23.8 Å². The van der Waals surface area contributed by atoms with Crippen LogP contribution in [0.1, 0.15) is 26.7 Å². The average Bonchev–Trinajstić information content (AvgIpc) is 2.41. The number of nitrogens with one attached hydrogen (secondary N) is 2. The molecule has 0 aliphatic carbocycles. The van der Waals surface area contributed by atoms with Gasteiger partial charge in [-0.1, -0.05) is 6.07 Å². The Balaban J connectivity index is 1.88. The van der Waals surface area contributed by atoms with Gasteiger partial charge in [-0.05, 0) is 45.4 Å². The van der Waals surface area contributed by atoms with E-state index in [0.29, 0.717) is 5.75 Å². The first kappa shape index (κ1) is 14.8. The van der Waals surface area contributed by atoms with Gasteiger partial charge >= 0.3 is 0 Å². The maximum absolute atomic E-state index is 13.1. The molecule has 0 aromatic heterocycles. The Labute approximate surface area is 118 Å². The summed E-state index contributed by atoms with van der Waals surface area (Å²) in [5.41, 5.74) is 0. The van der Waals surface area contributed by atoms with Crippen LogP contribution in [-0.2, 0) is 4.79 Å². The van der Waals surface area contributed by atoms with Crippen LogP contribution in [0.4, 0.5) is 4.39 Å². The molecule has 1 aliphatic rings. The lowest BCUT2D eigenvalue weighted by atomic mass is 10.00. The first-order valence-electron chi connectivity index (χ1n) is 7.02. The highest BCUT2D eigenvalue weighted by molar-refractivity contribution is 5.81. The lowest BCUT2D eigenvalue weighted by Crippen LogP contribution is -2.54. The molecule has 1 fully saturated rings. The van der Waals surface area contributed by atoms with Gasteiger partial charge in [0.25, 0.3) is 5.91 Å². The summed E-state index contributed by atoms with van der Waals surface area (Å²) in [6, 6.07) is 6.19. The van der Waals surface area contributed by atoms with Gasteiger partial charge in [0.15, 0.2) is 6.10 Å². The molecule has 0 saturated carbocycles. The normalized spacial score (nSPS) is 23.9. The molecule has 2 rings (SSSR count). The second-order valence-electron chi connectivity index (χ2n) is 5.22. The van der Waals surface area contributed by atoms with Crippen LogP contribution in [-0.4, -0.2) is 30.6 Å². The second kappa shape index (κ2) is 6.70. The zero-order valence-corrected chi connectivity index (χ0v) is 11.9. The maximum atomic E-state index is 13.1. The lowest BCUT2D eigenvalue weighted by Gasteiger charge is -2.31. The van der Waals surface area contributed by atoms with Crippen LogP contribution in [0.15, 0.2) is 24.3 Å². The minimum absolute atomic E-state index is 0.120. The number of amides is 1. The topological polar surface area (TPSA) is 50.4 Å². The monoisotopic (exact) mass is 280 g/mol. The SMILES string of the molecule is CC(Oc1cccc(F)c1)C(=O)NC1CCCNC1C. The summed E-state index contributed by atoms with van der Waals surface area (Å²) in [5.74, 6) is -0.183. The number of rotatable bonds is 4. The molecule has 3 atom stereocenters. The van der Waals surface area contributed by atoms with E-state index in [1.807, 2.05) is 0 Å². The molecule has 2 N–H and O–H groups in total. The van der Waals surface area contributed by atoms with E-state index in [2.05, 4.69) is 17.6 Å². The molecule has 0 radical (unpaired) electrons. The summed E-state index contributed by atoms with van der Waals surface area (Å²) in [6.45, 7) is 4.71. The molecule has 3 unspecified atom stereocenters. The predicted molar refractivity (Wildman–Crippen MR) is 75.1 cm³/mol. The first-order chi connectivity index (χ1) is 9.56. The van der Waals surface area contributed by atoms with Gasteiger partial charge in [0.2, 0.25) is 0 Å². The zero-order valence-electron chi connectivity index (χ0n) is 11.9. The summed E-state index contributed by atoms with van der Waals surface area (Å²) in [6.07, 6.45) is 1.37. The summed E-state index contributed by atoms with van der Waals surface area (Å²) < 4.78 is 18.5. The predicted octanol–water partition coefficient (Wildman–Crippen LogP) is 1.85. The van der Waals surface area contributed by atoms with Gasteiger partial charge in [0.05, 0.1) is 0 Å². The van der Waals surface area contributed by atoms with Crippen LogP contribution >= 0.6 is 0 Å². The lowest BCUT2D eigenvalue weighted by molar-refractivity contribution is -0.128. The van der Waals surface area contributed by atoms with Crippen LogP contribution in [0.25, 0.3) is 0 Å². The number of piperidine rings is 1. The molecule has 4 nitrogen and oxygen atoms in total. The van der Waals surface area contributed by atoms with E-state index < -0.39 is 6.10 Å². The van der Waals surface area contributed by atoms with E-state index in [1.165, 1.54) is 12.1 Å². The molecular weight excluding hydrogens is 259 g/mol. The summed E-state index contributed by atoms with van der Waals surface area (Å²) >= 11 is 0. The van der Waals surface area contributed by atoms with Gasteiger partial charge in [-0.2, -0.15) is 0 Å².